The van der Waals surface area contributed by atoms with E-state index in [9.17, 15) is 18.3 Å². The van der Waals surface area contributed by atoms with Gasteiger partial charge in [0.1, 0.15) is 17.1 Å². The Morgan fingerprint density at radius 2 is 1.84 bits per heavy atom. The molecular weight excluding hydrogens is 459 g/mol. The van der Waals surface area contributed by atoms with Crippen LogP contribution < -0.4 is 0 Å². The summed E-state index contributed by atoms with van der Waals surface area (Å²) in [5, 5.41) is 9.89. The van der Waals surface area contributed by atoms with Crippen LogP contribution in [0.5, 0.6) is 0 Å². The van der Waals surface area contributed by atoms with Crippen LogP contribution in [0.1, 0.15) is 29.0 Å². The lowest BCUT2D eigenvalue weighted by Gasteiger charge is -2.26. The number of benzene rings is 1. The number of nitrogens with zero attached hydrogens (tertiary/aromatic N) is 3. The fourth-order valence-corrected chi connectivity index (χ4v) is 4.59. The Balaban J connectivity index is 1.68. The molecule has 0 bridgehead atoms. The molecule has 3 aromatic rings. The Labute approximate surface area is 192 Å². The first-order valence-corrected chi connectivity index (χ1v) is 10.8. The van der Waals surface area contributed by atoms with Crippen molar-refractivity contribution in [2.75, 3.05) is 7.05 Å². The molecule has 32 heavy (non-hydrogen) atoms. The predicted molar refractivity (Wildman–Crippen MR) is 118 cm³/mol. The number of amidine groups is 1. The van der Waals surface area contributed by atoms with Gasteiger partial charge in [-0.25, -0.2) is 0 Å². The summed E-state index contributed by atoms with van der Waals surface area (Å²) in [5.41, 5.74) is 0.864. The van der Waals surface area contributed by atoms with Gasteiger partial charge in [-0.3, -0.25) is 9.98 Å². The van der Waals surface area contributed by atoms with E-state index in [2.05, 4.69) is 17.1 Å². The monoisotopic (exact) mass is 475 g/mol. The average molecular weight is 476 g/mol. The third-order valence-corrected chi connectivity index (χ3v) is 6.54. The number of pyridine rings is 1. The quantitative estimate of drug-likeness (QED) is 0.530. The standard InChI is InChI=1S/C23H17ClF3N3OS/c1-30-21(18-4-2-3-13-28-18)29-19(22(30)32-17-11-9-16(24)10-12-17)14-5-7-15(8-6-14)20(31)23(25,26)27/h2-5,7,9-13,19-20,22,31H,1H3. The molecule has 0 radical (unpaired) electrons. The van der Waals surface area contributed by atoms with Crippen LogP contribution in [0.25, 0.3) is 0 Å². The molecule has 0 amide bonds. The number of thioether (sulfide) groups is 1. The average Bonchev–Trinajstić information content (AvgIpc) is 3.11. The van der Waals surface area contributed by atoms with Crippen LogP contribution in [-0.2, 0) is 0 Å². The highest BCUT2D eigenvalue weighted by Crippen LogP contribution is 2.41. The third kappa shape index (κ3) is 4.70. The fourth-order valence-electron chi connectivity index (χ4n) is 3.30. The van der Waals surface area contributed by atoms with E-state index in [-0.39, 0.29) is 10.9 Å². The molecular formula is C23H17ClF3N3OS. The molecule has 9 heteroatoms. The maximum Gasteiger partial charge on any atom is 0.419 e. The number of rotatable bonds is 5. The molecule has 1 N–H and O–H groups in total. The summed E-state index contributed by atoms with van der Waals surface area (Å²) in [6.45, 7) is 0. The summed E-state index contributed by atoms with van der Waals surface area (Å²) in [6.07, 6.45) is -5.70. The van der Waals surface area contributed by atoms with Gasteiger partial charge in [-0.1, -0.05) is 41.6 Å². The van der Waals surface area contributed by atoms with Crippen molar-refractivity contribution >= 4 is 29.2 Å². The lowest BCUT2D eigenvalue weighted by Crippen LogP contribution is -2.32. The van der Waals surface area contributed by atoms with Crippen LogP contribution >= 0.6 is 23.4 Å². The number of aromatic nitrogens is 1. The van der Waals surface area contributed by atoms with Crippen molar-refractivity contribution in [3.63, 3.8) is 0 Å². The Kier molecular flexibility index (Phi) is 6.33. The van der Waals surface area contributed by atoms with E-state index in [1.54, 1.807) is 30.1 Å². The SMILES string of the molecule is CN1C(c2ccccn2)=NC(c2c#cc(C(O)C(F)(F)F)cc2)C1Sc1ccc(Cl)cc1. The molecule has 0 spiro atoms. The summed E-state index contributed by atoms with van der Waals surface area (Å²) in [7, 11) is 1.90. The zero-order valence-corrected chi connectivity index (χ0v) is 18.3. The number of aliphatic hydroxyl groups excluding tert-OH is 1. The molecule has 164 valence electrons. The molecule has 0 saturated carbocycles. The summed E-state index contributed by atoms with van der Waals surface area (Å²) in [4.78, 5) is 12.2. The number of likely N-dealkylation sites (N-methyl/N-ethyl adjacent to an activating group) is 1. The van der Waals surface area contributed by atoms with Crippen LogP contribution in [0.4, 0.5) is 13.2 Å². The molecule has 0 aliphatic carbocycles. The number of hydrogen-bond acceptors (Lipinski definition) is 5. The Bertz CT molecular complexity index is 1090. The van der Waals surface area contributed by atoms with Crippen molar-refractivity contribution in [2.45, 2.75) is 28.6 Å². The maximum absolute atomic E-state index is 12.8. The van der Waals surface area contributed by atoms with E-state index in [1.807, 2.05) is 42.3 Å². The molecule has 2 aromatic carbocycles. The first-order chi connectivity index (χ1) is 15.2. The Morgan fingerprint density at radius 3 is 2.44 bits per heavy atom. The molecule has 0 fully saturated rings. The van der Waals surface area contributed by atoms with Gasteiger partial charge >= 0.3 is 6.18 Å². The van der Waals surface area contributed by atoms with Gasteiger partial charge in [-0.15, -0.1) is 0 Å². The molecule has 4 rings (SSSR count). The van der Waals surface area contributed by atoms with Crippen LogP contribution in [0.15, 0.2) is 70.7 Å². The van der Waals surface area contributed by atoms with Crippen LogP contribution in [0, 0.1) is 12.1 Å². The topological polar surface area (TPSA) is 48.7 Å². The van der Waals surface area contributed by atoms with E-state index >= 15 is 0 Å². The highest BCUT2D eigenvalue weighted by molar-refractivity contribution is 8.00. The number of aliphatic imine (C=N–C) groups is 1. The Morgan fingerprint density at radius 1 is 1.09 bits per heavy atom. The van der Waals surface area contributed by atoms with Gasteiger partial charge in [0.2, 0.25) is 0 Å². The van der Waals surface area contributed by atoms with Crippen molar-refractivity contribution in [3.8, 4) is 0 Å². The largest absolute Gasteiger partial charge is 0.419 e. The smallest absolute Gasteiger partial charge is 0.379 e. The van der Waals surface area contributed by atoms with Gasteiger partial charge in [0, 0.05) is 34.3 Å². The molecule has 1 aliphatic rings. The molecule has 4 nitrogen and oxygen atoms in total. The van der Waals surface area contributed by atoms with Gasteiger partial charge < -0.3 is 10.0 Å². The highest BCUT2D eigenvalue weighted by atomic mass is 35.5. The lowest BCUT2D eigenvalue weighted by molar-refractivity contribution is -0.206. The van der Waals surface area contributed by atoms with Crippen LogP contribution in [0.3, 0.4) is 0 Å². The number of hydrogen-bond donors (Lipinski definition) is 1. The molecule has 1 aliphatic heterocycles. The van der Waals surface area contributed by atoms with Crippen molar-refractivity contribution in [3.05, 3.63) is 94.8 Å². The second-order valence-corrected chi connectivity index (χ2v) is 8.75. The van der Waals surface area contributed by atoms with E-state index in [4.69, 9.17) is 16.6 Å². The van der Waals surface area contributed by atoms with Crippen molar-refractivity contribution < 1.29 is 18.3 Å². The van der Waals surface area contributed by atoms with Crippen molar-refractivity contribution in [1.82, 2.24) is 9.88 Å². The highest BCUT2D eigenvalue weighted by Gasteiger charge is 2.40. The summed E-state index contributed by atoms with van der Waals surface area (Å²) < 4.78 is 38.5. The molecule has 3 atom stereocenters. The Hall–Kier alpha value is -2.73. The molecule has 1 aromatic heterocycles. The first kappa shape index (κ1) is 22.5. The normalized spacial score (nSPS) is 19.4. The zero-order valence-electron chi connectivity index (χ0n) is 16.7. The lowest BCUT2D eigenvalue weighted by atomic mass is 10.1. The molecule has 3 unspecified atom stereocenters. The number of halogens is 4. The molecule has 0 saturated heterocycles. The van der Waals surface area contributed by atoms with E-state index in [0.29, 0.717) is 22.1 Å². The summed E-state index contributed by atoms with van der Waals surface area (Å²) in [6, 6.07) is 20.4. The minimum Gasteiger partial charge on any atom is -0.379 e. The first-order valence-electron chi connectivity index (χ1n) is 9.57. The van der Waals surface area contributed by atoms with Crippen molar-refractivity contribution in [1.29, 1.82) is 0 Å². The second kappa shape index (κ2) is 9.02. The van der Waals surface area contributed by atoms with E-state index in [1.165, 1.54) is 12.1 Å². The molecule has 2 heterocycles. The van der Waals surface area contributed by atoms with Crippen molar-refractivity contribution in [2.24, 2.45) is 4.99 Å². The van der Waals surface area contributed by atoms with Gasteiger partial charge in [0.25, 0.3) is 0 Å². The van der Waals surface area contributed by atoms with Crippen LogP contribution in [-0.4, -0.2) is 39.4 Å². The second-order valence-electron chi connectivity index (χ2n) is 7.12. The minimum absolute atomic E-state index is 0.212. The fraction of sp³-hybridized carbons (Fsp3) is 0.217. The minimum atomic E-state index is -4.77. The zero-order chi connectivity index (χ0) is 22.9. The summed E-state index contributed by atoms with van der Waals surface area (Å²) >= 11 is 7.54. The van der Waals surface area contributed by atoms with Gasteiger partial charge in [-0.05, 0) is 48.5 Å². The number of aliphatic hydroxyl groups is 1. The maximum atomic E-state index is 12.8. The summed E-state index contributed by atoms with van der Waals surface area (Å²) in [5.74, 6) is 0.662. The van der Waals surface area contributed by atoms with E-state index in [0.717, 1.165) is 4.90 Å². The van der Waals surface area contributed by atoms with Crippen LogP contribution in [0.2, 0.25) is 5.02 Å². The van der Waals surface area contributed by atoms with Gasteiger partial charge in [0.05, 0.1) is 0 Å². The van der Waals surface area contributed by atoms with E-state index < -0.39 is 18.3 Å². The predicted octanol–water partition coefficient (Wildman–Crippen LogP) is 5.48. The van der Waals surface area contributed by atoms with Gasteiger partial charge in [-0.2, -0.15) is 13.2 Å². The third-order valence-electron chi connectivity index (χ3n) is 4.93. The van der Waals surface area contributed by atoms with Gasteiger partial charge in [0.15, 0.2) is 11.9 Å². The number of alkyl halides is 3.